The summed E-state index contributed by atoms with van der Waals surface area (Å²) in [6.45, 7) is 2.11. The van der Waals surface area contributed by atoms with Gasteiger partial charge in [0.15, 0.2) is 4.90 Å². The number of rotatable bonds is 4. The van der Waals surface area contributed by atoms with Crippen molar-refractivity contribution in [3.63, 3.8) is 0 Å². The van der Waals surface area contributed by atoms with Crippen LogP contribution in [0.2, 0.25) is 0 Å². The minimum absolute atomic E-state index is 0.393. The number of nitriles is 1. The quantitative estimate of drug-likeness (QED) is 0.734. The van der Waals surface area contributed by atoms with Crippen molar-refractivity contribution in [1.29, 1.82) is 5.26 Å². The van der Waals surface area contributed by atoms with E-state index < -0.39 is 11.2 Å². The molecule has 80 valence electrons. The Labute approximate surface area is 94.1 Å². The molecule has 0 saturated heterocycles. The van der Waals surface area contributed by atoms with Gasteiger partial charge in [0, 0.05) is 6.42 Å². The largest absolute Gasteiger partial charge is 0.612 e. The van der Waals surface area contributed by atoms with Crippen molar-refractivity contribution in [2.45, 2.75) is 30.6 Å². The highest BCUT2D eigenvalue weighted by molar-refractivity contribution is 7.90. The van der Waals surface area contributed by atoms with Gasteiger partial charge in [0.1, 0.15) is 6.26 Å². The first-order chi connectivity index (χ1) is 7.15. The highest BCUT2D eigenvalue weighted by Crippen LogP contribution is 2.21. The van der Waals surface area contributed by atoms with Gasteiger partial charge in [-0.2, -0.15) is 5.26 Å². The topological polar surface area (TPSA) is 46.8 Å². The maximum Gasteiger partial charge on any atom is 0.152 e. The van der Waals surface area contributed by atoms with Crippen LogP contribution in [-0.2, 0) is 11.2 Å². The van der Waals surface area contributed by atoms with Crippen molar-refractivity contribution >= 4 is 11.2 Å². The number of hydrogen-bond acceptors (Lipinski definition) is 2. The number of hydrogen-bond donors (Lipinski definition) is 0. The monoisotopic (exact) mass is 221 g/mol. The summed E-state index contributed by atoms with van der Waals surface area (Å²) in [5.41, 5.74) is 1.21. The van der Waals surface area contributed by atoms with Crippen LogP contribution >= 0.6 is 0 Å². The van der Waals surface area contributed by atoms with Gasteiger partial charge >= 0.3 is 0 Å². The molecule has 15 heavy (non-hydrogen) atoms. The highest BCUT2D eigenvalue weighted by atomic mass is 32.2. The lowest BCUT2D eigenvalue weighted by Gasteiger charge is -2.10. The fourth-order valence-corrected chi connectivity index (χ4v) is 1.96. The molecular formula is C12H15NOS. The summed E-state index contributed by atoms with van der Waals surface area (Å²) in [6, 6.07) is 9.94. The molecule has 3 heteroatoms. The Morgan fingerprint density at radius 1 is 1.40 bits per heavy atom. The van der Waals surface area contributed by atoms with Crippen LogP contribution in [0.25, 0.3) is 0 Å². The van der Waals surface area contributed by atoms with Crippen LogP contribution in [0.1, 0.15) is 31.2 Å². The van der Waals surface area contributed by atoms with E-state index >= 15 is 0 Å². The molecule has 0 N–H and O–H groups in total. The van der Waals surface area contributed by atoms with Gasteiger partial charge in [0.2, 0.25) is 0 Å². The minimum atomic E-state index is -0.908. The standard InChI is InChI=1S/C12H15NOS/c1-10(4-3-9-13)11-5-7-12(8-6-11)15(2)14/h5-8,10H,3-4H2,1-2H3. The molecule has 1 rings (SSSR count). The van der Waals surface area contributed by atoms with Crippen LogP contribution in [0.15, 0.2) is 29.2 Å². The third-order valence-corrected chi connectivity index (χ3v) is 3.41. The smallest absolute Gasteiger partial charge is 0.152 e. The molecule has 0 saturated carbocycles. The fourth-order valence-electron chi connectivity index (χ4n) is 1.44. The van der Waals surface area contributed by atoms with Crippen LogP contribution < -0.4 is 0 Å². The molecule has 0 aliphatic carbocycles. The first-order valence-electron chi connectivity index (χ1n) is 4.95. The Morgan fingerprint density at radius 2 is 2.00 bits per heavy atom. The lowest BCUT2D eigenvalue weighted by molar-refractivity contribution is 0.600. The van der Waals surface area contributed by atoms with Crippen LogP contribution in [0.5, 0.6) is 0 Å². The zero-order chi connectivity index (χ0) is 11.3. The Hall–Kier alpha value is -0.980. The van der Waals surface area contributed by atoms with E-state index in [-0.39, 0.29) is 0 Å². The molecule has 0 amide bonds. The molecule has 0 bridgehead atoms. The Balaban J connectivity index is 2.67. The van der Waals surface area contributed by atoms with E-state index in [1.165, 1.54) is 5.56 Å². The van der Waals surface area contributed by atoms with E-state index in [4.69, 9.17) is 5.26 Å². The lowest BCUT2D eigenvalue weighted by atomic mass is 9.97. The van der Waals surface area contributed by atoms with Gasteiger partial charge in [0.25, 0.3) is 0 Å². The number of nitrogens with zero attached hydrogens (tertiary/aromatic N) is 1. The van der Waals surface area contributed by atoms with Crippen LogP contribution in [0.4, 0.5) is 0 Å². The second kappa shape index (κ2) is 5.79. The number of benzene rings is 1. The summed E-state index contributed by atoms with van der Waals surface area (Å²) in [7, 11) is 0. The summed E-state index contributed by atoms with van der Waals surface area (Å²) < 4.78 is 11.2. The highest BCUT2D eigenvalue weighted by Gasteiger charge is 2.07. The van der Waals surface area contributed by atoms with Crippen molar-refractivity contribution in [2.24, 2.45) is 0 Å². The Bertz CT molecular complexity index is 340. The normalized spacial score (nSPS) is 14.3. The van der Waals surface area contributed by atoms with Gasteiger partial charge in [-0.15, -0.1) is 0 Å². The zero-order valence-electron chi connectivity index (χ0n) is 9.06. The van der Waals surface area contributed by atoms with E-state index in [1.54, 1.807) is 6.26 Å². The third kappa shape index (κ3) is 3.58. The van der Waals surface area contributed by atoms with Gasteiger partial charge in [-0.25, -0.2) is 0 Å². The average molecular weight is 221 g/mol. The summed E-state index contributed by atoms with van der Waals surface area (Å²) in [5.74, 6) is 0.393. The zero-order valence-corrected chi connectivity index (χ0v) is 9.88. The van der Waals surface area contributed by atoms with E-state index in [2.05, 4.69) is 13.0 Å². The lowest BCUT2D eigenvalue weighted by Crippen LogP contribution is -1.98. The van der Waals surface area contributed by atoms with Gasteiger partial charge in [-0.3, -0.25) is 0 Å². The molecule has 0 fully saturated rings. The van der Waals surface area contributed by atoms with Crippen molar-refractivity contribution in [1.82, 2.24) is 0 Å². The molecule has 0 aliphatic rings. The summed E-state index contributed by atoms with van der Waals surface area (Å²) >= 11 is -0.908. The van der Waals surface area contributed by atoms with Crippen LogP contribution in [0.3, 0.4) is 0 Å². The van der Waals surface area contributed by atoms with E-state index in [9.17, 15) is 4.55 Å². The third-order valence-electron chi connectivity index (χ3n) is 2.47. The molecular weight excluding hydrogens is 206 g/mol. The second-order valence-electron chi connectivity index (χ2n) is 3.62. The minimum Gasteiger partial charge on any atom is -0.612 e. The van der Waals surface area contributed by atoms with E-state index in [0.29, 0.717) is 12.3 Å². The van der Waals surface area contributed by atoms with Crippen LogP contribution in [-0.4, -0.2) is 10.8 Å². The first kappa shape index (κ1) is 12.1. The molecule has 0 radical (unpaired) electrons. The predicted molar refractivity (Wildman–Crippen MR) is 62.0 cm³/mol. The maximum absolute atomic E-state index is 11.2. The molecule has 0 aromatic heterocycles. The first-order valence-corrected chi connectivity index (χ1v) is 6.51. The molecule has 1 aromatic rings. The molecule has 2 unspecified atom stereocenters. The van der Waals surface area contributed by atoms with E-state index in [1.807, 2.05) is 24.3 Å². The molecule has 0 heterocycles. The van der Waals surface area contributed by atoms with Gasteiger partial charge in [0.05, 0.1) is 6.07 Å². The SMILES string of the molecule is CC(CCC#N)c1ccc([S+](C)[O-])cc1. The van der Waals surface area contributed by atoms with Crippen LogP contribution in [0, 0.1) is 11.3 Å². The second-order valence-corrected chi connectivity index (χ2v) is 5.00. The van der Waals surface area contributed by atoms with Crippen molar-refractivity contribution in [3.8, 4) is 6.07 Å². The maximum atomic E-state index is 11.2. The summed E-state index contributed by atoms with van der Waals surface area (Å²) in [5, 5.41) is 8.49. The summed E-state index contributed by atoms with van der Waals surface area (Å²) in [6.07, 6.45) is 3.14. The van der Waals surface area contributed by atoms with Crippen molar-refractivity contribution < 1.29 is 4.55 Å². The molecule has 1 aromatic carbocycles. The Morgan fingerprint density at radius 3 is 2.47 bits per heavy atom. The van der Waals surface area contributed by atoms with Gasteiger partial charge < -0.3 is 4.55 Å². The molecule has 2 atom stereocenters. The van der Waals surface area contributed by atoms with Gasteiger partial charge in [-0.1, -0.05) is 19.1 Å². The fraction of sp³-hybridized carbons (Fsp3) is 0.417. The predicted octanol–water partition coefficient (Wildman–Crippen LogP) is 2.83. The average Bonchev–Trinajstić information content (AvgIpc) is 2.26. The molecule has 2 nitrogen and oxygen atoms in total. The molecule has 0 aliphatic heterocycles. The van der Waals surface area contributed by atoms with E-state index in [0.717, 1.165) is 11.3 Å². The Kier molecular flexibility index (Phi) is 4.67. The van der Waals surface area contributed by atoms with Crippen molar-refractivity contribution in [2.75, 3.05) is 6.26 Å². The molecule has 0 spiro atoms. The summed E-state index contributed by atoms with van der Waals surface area (Å²) in [4.78, 5) is 0.853. The van der Waals surface area contributed by atoms with Gasteiger partial charge in [-0.05, 0) is 41.2 Å². The van der Waals surface area contributed by atoms with Crippen molar-refractivity contribution in [3.05, 3.63) is 29.8 Å².